The summed E-state index contributed by atoms with van der Waals surface area (Å²) in [6.07, 6.45) is 37.3. The molecule has 3 atom stereocenters. The van der Waals surface area contributed by atoms with E-state index in [1.807, 2.05) is 0 Å². The highest BCUT2D eigenvalue weighted by Crippen LogP contribution is 2.43. The van der Waals surface area contributed by atoms with Gasteiger partial charge < -0.3 is 24.6 Å². The molecule has 0 radical (unpaired) electrons. The van der Waals surface area contributed by atoms with Gasteiger partial charge in [0.15, 0.2) is 0 Å². The summed E-state index contributed by atoms with van der Waals surface area (Å²) in [7, 11) is -4.51. The molecule has 9 nitrogen and oxygen atoms in total. The lowest BCUT2D eigenvalue weighted by Gasteiger charge is -2.20. The summed E-state index contributed by atoms with van der Waals surface area (Å²) in [5, 5.41) is 18.3. The van der Waals surface area contributed by atoms with Crippen LogP contribution in [-0.4, -0.2) is 66.3 Å². The van der Waals surface area contributed by atoms with Crippen LogP contribution in [0.15, 0.2) is 12.2 Å². The number of phosphoric ester groups is 1. The first-order valence-electron chi connectivity index (χ1n) is 21.2. The number of unbranched alkanes of at least 4 members (excludes halogenated alkanes) is 25. The Labute approximate surface area is 313 Å². The van der Waals surface area contributed by atoms with Crippen LogP contribution in [0.4, 0.5) is 0 Å². The molecule has 0 bridgehead atoms. The summed E-state index contributed by atoms with van der Waals surface area (Å²) in [6.45, 7) is 3.54. The predicted molar refractivity (Wildman–Crippen MR) is 210 cm³/mol. The number of carbonyl (C=O) groups is 1. The number of phosphoric acid groups is 1. The molecule has 0 spiro atoms. The van der Waals surface area contributed by atoms with E-state index in [2.05, 4.69) is 26.0 Å². The van der Waals surface area contributed by atoms with Gasteiger partial charge in [-0.25, -0.2) is 4.57 Å². The molecule has 3 N–H and O–H groups in total. The number of allylic oxidation sites excluding steroid dienone is 2. The summed E-state index contributed by atoms with van der Waals surface area (Å²) >= 11 is 0. The molecule has 0 saturated carbocycles. The van der Waals surface area contributed by atoms with Crippen LogP contribution in [0.5, 0.6) is 0 Å². The molecule has 0 rings (SSSR count). The van der Waals surface area contributed by atoms with Crippen molar-refractivity contribution in [2.75, 3.05) is 33.0 Å². The lowest BCUT2D eigenvalue weighted by molar-refractivity contribution is -0.154. The van der Waals surface area contributed by atoms with E-state index >= 15 is 0 Å². The van der Waals surface area contributed by atoms with Crippen LogP contribution in [0.2, 0.25) is 0 Å². The molecule has 0 aliphatic carbocycles. The minimum absolute atomic E-state index is 0.0529. The summed E-state index contributed by atoms with van der Waals surface area (Å²) in [6, 6.07) is 0. The zero-order valence-electron chi connectivity index (χ0n) is 33.1. The summed E-state index contributed by atoms with van der Waals surface area (Å²) in [4.78, 5) is 22.5. The average molecular weight is 749 g/mol. The topological polar surface area (TPSA) is 132 Å². The lowest BCUT2D eigenvalue weighted by Crippen LogP contribution is -2.29. The molecular weight excluding hydrogens is 667 g/mol. The van der Waals surface area contributed by atoms with Crippen molar-refractivity contribution in [3.05, 3.63) is 12.2 Å². The Morgan fingerprint density at radius 1 is 0.588 bits per heavy atom. The van der Waals surface area contributed by atoms with Gasteiger partial charge in [-0.05, 0) is 38.5 Å². The number of carbonyl (C=O) groups excluding carboxylic acids is 1. The normalized spacial score (nSPS) is 14.2. The first kappa shape index (κ1) is 50.2. The first-order chi connectivity index (χ1) is 24.8. The van der Waals surface area contributed by atoms with Gasteiger partial charge in [0, 0.05) is 13.0 Å². The van der Waals surface area contributed by atoms with Crippen LogP contribution in [0.3, 0.4) is 0 Å². The second-order valence-electron chi connectivity index (χ2n) is 14.4. The van der Waals surface area contributed by atoms with Gasteiger partial charge in [-0.15, -0.1) is 0 Å². The number of aliphatic hydroxyl groups excluding tert-OH is 2. The third-order valence-electron chi connectivity index (χ3n) is 9.20. The highest BCUT2D eigenvalue weighted by atomic mass is 31.2. The molecule has 304 valence electrons. The number of rotatable bonds is 41. The Hall–Kier alpha value is -0.800. The summed E-state index contributed by atoms with van der Waals surface area (Å²) in [5.74, 6) is -0.384. The van der Waals surface area contributed by atoms with Crippen molar-refractivity contribution in [1.82, 2.24) is 0 Å². The van der Waals surface area contributed by atoms with Crippen LogP contribution in [0.25, 0.3) is 0 Å². The standard InChI is InChI=1S/C41H81O9P/c1-3-5-7-9-11-13-15-17-18-19-20-21-22-23-25-27-29-31-33-41(44)50-40(38-49-51(45,46)48-36-39(43)35-42)37-47-34-32-30-28-26-24-16-14-12-10-8-6-4-2/h18-19,39-40,42-43H,3-17,20-38H2,1-2H3,(H,45,46)/b19-18-. The minimum Gasteiger partial charge on any atom is -0.457 e. The van der Waals surface area contributed by atoms with E-state index in [0.29, 0.717) is 6.61 Å². The van der Waals surface area contributed by atoms with Crippen molar-refractivity contribution < 1.29 is 43.0 Å². The third kappa shape index (κ3) is 38.7. The number of aliphatic hydroxyl groups is 2. The molecule has 0 saturated heterocycles. The second kappa shape index (κ2) is 38.9. The third-order valence-corrected chi connectivity index (χ3v) is 10.2. The van der Waals surface area contributed by atoms with Crippen LogP contribution in [0, 0.1) is 0 Å². The van der Waals surface area contributed by atoms with Gasteiger partial charge >= 0.3 is 13.8 Å². The quantitative estimate of drug-likeness (QED) is 0.0242. The van der Waals surface area contributed by atoms with Crippen LogP contribution >= 0.6 is 7.82 Å². The fourth-order valence-corrected chi connectivity index (χ4v) is 6.73. The maximum absolute atomic E-state index is 12.6. The van der Waals surface area contributed by atoms with E-state index in [9.17, 15) is 19.4 Å². The molecule has 0 fully saturated rings. The highest BCUT2D eigenvalue weighted by Gasteiger charge is 2.26. The van der Waals surface area contributed by atoms with Gasteiger partial charge in [0.1, 0.15) is 12.2 Å². The lowest BCUT2D eigenvalue weighted by atomic mass is 10.1. The minimum atomic E-state index is -4.51. The van der Waals surface area contributed by atoms with Gasteiger partial charge in [-0.2, -0.15) is 0 Å². The molecule has 10 heteroatoms. The van der Waals surface area contributed by atoms with E-state index in [4.69, 9.17) is 23.6 Å². The van der Waals surface area contributed by atoms with Crippen molar-refractivity contribution in [1.29, 1.82) is 0 Å². The van der Waals surface area contributed by atoms with E-state index in [-0.39, 0.29) is 25.6 Å². The van der Waals surface area contributed by atoms with Crippen LogP contribution in [0.1, 0.15) is 200 Å². The smallest absolute Gasteiger partial charge is 0.457 e. The van der Waals surface area contributed by atoms with Crippen molar-refractivity contribution in [2.24, 2.45) is 0 Å². The maximum atomic E-state index is 12.6. The average Bonchev–Trinajstić information content (AvgIpc) is 3.12. The monoisotopic (exact) mass is 749 g/mol. The van der Waals surface area contributed by atoms with Gasteiger partial charge in [0.05, 0.1) is 26.4 Å². The molecule has 51 heavy (non-hydrogen) atoms. The van der Waals surface area contributed by atoms with E-state index < -0.39 is 33.2 Å². The van der Waals surface area contributed by atoms with E-state index in [1.54, 1.807) is 0 Å². The summed E-state index contributed by atoms with van der Waals surface area (Å²) < 4.78 is 33.3. The fourth-order valence-electron chi connectivity index (χ4n) is 5.94. The number of ether oxygens (including phenoxy) is 2. The van der Waals surface area contributed by atoms with Gasteiger partial charge in [-0.1, -0.05) is 167 Å². The van der Waals surface area contributed by atoms with Crippen molar-refractivity contribution in [3.63, 3.8) is 0 Å². The van der Waals surface area contributed by atoms with Crippen LogP contribution in [-0.2, 0) is 27.9 Å². The fraction of sp³-hybridized carbons (Fsp3) is 0.927. The highest BCUT2D eigenvalue weighted by molar-refractivity contribution is 7.47. The van der Waals surface area contributed by atoms with Gasteiger partial charge in [0.2, 0.25) is 0 Å². The Morgan fingerprint density at radius 3 is 1.47 bits per heavy atom. The molecule has 0 amide bonds. The van der Waals surface area contributed by atoms with E-state index in [0.717, 1.165) is 38.5 Å². The summed E-state index contributed by atoms with van der Waals surface area (Å²) in [5.41, 5.74) is 0. The SMILES string of the molecule is CCCCCCCCC/C=C\CCCCCCCCCC(=O)OC(COCCCCCCCCCCCCCC)COP(=O)(O)OCC(O)CO. The molecule has 0 heterocycles. The molecular formula is C41H81O9P. The second-order valence-corrected chi connectivity index (χ2v) is 15.8. The zero-order valence-corrected chi connectivity index (χ0v) is 34.0. The largest absolute Gasteiger partial charge is 0.472 e. The first-order valence-corrected chi connectivity index (χ1v) is 22.7. The molecule has 0 aromatic rings. The molecule has 0 aliphatic heterocycles. The molecule has 0 aromatic heterocycles. The van der Waals surface area contributed by atoms with Crippen molar-refractivity contribution >= 4 is 13.8 Å². The Morgan fingerprint density at radius 2 is 1.00 bits per heavy atom. The Bertz CT molecular complexity index is 810. The number of hydrogen-bond acceptors (Lipinski definition) is 8. The van der Waals surface area contributed by atoms with Gasteiger partial charge in [0.25, 0.3) is 0 Å². The van der Waals surface area contributed by atoms with Crippen LogP contribution < -0.4 is 0 Å². The van der Waals surface area contributed by atoms with Crippen molar-refractivity contribution in [2.45, 2.75) is 212 Å². The maximum Gasteiger partial charge on any atom is 0.472 e. The number of esters is 1. The van der Waals surface area contributed by atoms with E-state index in [1.165, 1.54) is 141 Å². The predicted octanol–water partition coefficient (Wildman–Crippen LogP) is 11.3. The number of hydrogen-bond donors (Lipinski definition) is 3. The molecule has 0 aliphatic rings. The van der Waals surface area contributed by atoms with Gasteiger partial charge in [-0.3, -0.25) is 13.8 Å². The Kier molecular flexibility index (Phi) is 38.3. The molecule has 3 unspecified atom stereocenters. The molecule has 0 aromatic carbocycles. The Balaban J connectivity index is 4.14. The van der Waals surface area contributed by atoms with Crippen molar-refractivity contribution in [3.8, 4) is 0 Å². The zero-order chi connectivity index (χ0) is 37.5.